The van der Waals surface area contributed by atoms with E-state index >= 15 is 0 Å². The Balaban J connectivity index is 1.32. The summed E-state index contributed by atoms with van der Waals surface area (Å²) in [7, 11) is 2.00. The largest absolute Gasteiger partial charge is 0.379 e. The van der Waals surface area contributed by atoms with E-state index in [9.17, 15) is 8.78 Å². The van der Waals surface area contributed by atoms with Crippen LogP contribution >= 0.6 is 0 Å². The van der Waals surface area contributed by atoms with Crippen molar-refractivity contribution in [2.75, 3.05) is 77.6 Å². The Morgan fingerprint density at radius 3 is 2.39 bits per heavy atom. The number of ether oxygens (including phenoxy) is 2. The molecule has 6 rings (SSSR count). The summed E-state index contributed by atoms with van der Waals surface area (Å²) in [6.07, 6.45) is 1.16. The van der Waals surface area contributed by atoms with Crippen LogP contribution in [0.4, 0.5) is 14.7 Å². The number of fused-ring (bicyclic) bond motifs is 1. The van der Waals surface area contributed by atoms with Crippen molar-refractivity contribution in [3.8, 4) is 5.95 Å². The van der Waals surface area contributed by atoms with E-state index in [1.807, 2.05) is 18.0 Å². The number of para-hydroxylation sites is 2. The summed E-state index contributed by atoms with van der Waals surface area (Å²) in [6, 6.07) is 6.92. The van der Waals surface area contributed by atoms with Crippen molar-refractivity contribution in [2.24, 2.45) is 10.7 Å². The third-order valence-corrected chi connectivity index (χ3v) is 7.60. The molecule has 3 aromatic rings. The van der Waals surface area contributed by atoms with Crippen molar-refractivity contribution >= 4 is 23.2 Å². The molecular weight excluding hydrogens is 534 g/mol. The molecule has 14 heteroatoms. The van der Waals surface area contributed by atoms with Gasteiger partial charge in [0, 0.05) is 52.5 Å². The monoisotopic (exact) mass is 568 g/mol. The van der Waals surface area contributed by atoms with E-state index in [1.165, 1.54) is 4.57 Å². The van der Waals surface area contributed by atoms with Crippen LogP contribution in [-0.2, 0) is 15.0 Å². The molecule has 218 valence electrons. The van der Waals surface area contributed by atoms with Crippen LogP contribution in [-0.4, -0.2) is 113 Å². The molecular formula is C27H34F2N10O2. The topological polar surface area (TPSA) is 123 Å². The summed E-state index contributed by atoms with van der Waals surface area (Å²) < 4.78 is 40.6. The zero-order valence-corrected chi connectivity index (χ0v) is 23.0. The lowest BCUT2D eigenvalue weighted by Gasteiger charge is -2.32. The highest BCUT2D eigenvalue weighted by molar-refractivity contribution is 5.78. The maximum Gasteiger partial charge on any atom is 0.296 e. The van der Waals surface area contributed by atoms with Crippen LogP contribution in [0.15, 0.2) is 41.2 Å². The lowest BCUT2D eigenvalue weighted by atomic mass is 9.95. The smallest absolute Gasteiger partial charge is 0.296 e. The molecule has 1 atom stereocenters. The zero-order chi connectivity index (χ0) is 28.4. The summed E-state index contributed by atoms with van der Waals surface area (Å²) in [5, 5.41) is 0. The average Bonchev–Trinajstić information content (AvgIpc) is 3.41. The highest BCUT2D eigenvalue weighted by atomic mass is 19.3. The molecule has 1 unspecified atom stereocenters. The van der Waals surface area contributed by atoms with Gasteiger partial charge in [-0.3, -0.25) is 9.47 Å². The van der Waals surface area contributed by atoms with Crippen LogP contribution in [0.5, 0.6) is 0 Å². The van der Waals surface area contributed by atoms with Crippen molar-refractivity contribution in [3.05, 3.63) is 47.8 Å². The second-order valence-corrected chi connectivity index (χ2v) is 10.4. The minimum Gasteiger partial charge on any atom is -0.379 e. The van der Waals surface area contributed by atoms with Crippen molar-refractivity contribution in [1.82, 2.24) is 34.3 Å². The van der Waals surface area contributed by atoms with E-state index in [1.54, 1.807) is 30.5 Å². The molecule has 0 bridgehead atoms. The number of halogens is 2. The third kappa shape index (κ3) is 5.77. The Kier molecular flexibility index (Phi) is 7.88. The van der Waals surface area contributed by atoms with Gasteiger partial charge in [-0.05, 0) is 24.6 Å². The molecule has 41 heavy (non-hydrogen) atoms. The molecule has 2 saturated heterocycles. The molecule has 0 spiro atoms. The molecule has 3 aliphatic heterocycles. The first-order valence-electron chi connectivity index (χ1n) is 13.8. The van der Waals surface area contributed by atoms with Crippen LogP contribution < -0.4 is 10.6 Å². The normalized spacial score (nSPS) is 22.0. The van der Waals surface area contributed by atoms with Gasteiger partial charge in [0.1, 0.15) is 11.4 Å². The fourth-order valence-electron chi connectivity index (χ4n) is 5.15. The Hall–Kier alpha value is -3.59. The van der Waals surface area contributed by atoms with Crippen LogP contribution in [0.25, 0.3) is 17.0 Å². The van der Waals surface area contributed by atoms with Gasteiger partial charge in [0.25, 0.3) is 6.43 Å². The van der Waals surface area contributed by atoms with Gasteiger partial charge in [-0.15, -0.1) is 0 Å². The Labute approximate surface area is 236 Å². The van der Waals surface area contributed by atoms with E-state index in [4.69, 9.17) is 20.2 Å². The summed E-state index contributed by atoms with van der Waals surface area (Å²) in [5.41, 5.74) is 6.60. The van der Waals surface area contributed by atoms with E-state index in [-0.39, 0.29) is 11.8 Å². The van der Waals surface area contributed by atoms with Gasteiger partial charge in [-0.2, -0.15) is 15.0 Å². The number of likely N-dealkylation sites (N-methyl/N-ethyl adjacent to an activating group) is 1. The average molecular weight is 569 g/mol. The molecule has 0 aliphatic carbocycles. The number of hydrogen-bond donors (Lipinski definition) is 1. The van der Waals surface area contributed by atoms with Gasteiger partial charge in [0.2, 0.25) is 11.9 Å². The van der Waals surface area contributed by atoms with Gasteiger partial charge in [-0.1, -0.05) is 12.1 Å². The molecule has 5 heterocycles. The summed E-state index contributed by atoms with van der Waals surface area (Å²) in [6.45, 7) is 7.20. The second-order valence-electron chi connectivity index (χ2n) is 10.4. The molecule has 0 radical (unpaired) electrons. The molecule has 12 nitrogen and oxygen atoms in total. The SMILES string of the molecule is CN(CCN1CCOCC1)C1=CCC(N)(c2nc(N3CCOCC3)nc(-n3c(C(F)F)nc4ccccc43)n2)C=N1. The first-order chi connectivity index (χ1) is 19.9. The van der Waals surface area contributed by atoms with E-state index in [0.717, 1.165) is 45.2 Å². The molecule has 2 fully saturated rings. The summed E-state index contributed by atoms with van der Waals surface area (Å²) in [5.74, 6) is 1.00. The van der Waals surface area contributed by atoms with Crippen LogP contribution in [0.1, 0.15) is 24.5 Å². The van der Waals surface area contributed by atoms with Gasteiger partial charge in [0.05, 0.1) is 37.5 Å². The fraction of sp³-hybridized carbons (Fsp3) is 0.519. The fourth-order valence-corrected chi connectivity index (χ4v) is 5.15. The first-order valence-corrected chi connectivity index (χ1v) is 13.8. The van der Waals surface area contributed by atoms with Crippen molar-refractivity contribution in [3.63, 3.8) is 0 Å². The predicted octanol–water partition coefficient (Wildman–Crippen LogP) is 1.72. The highest BCUT2D eigenvalue weighted by Gasteiger charge is 2.34. The van der Waals surface area contributed by atoms with Gasteiger partial charge >= 0.3 is 0 Å². The number of nitrogens with zero attached hydrogens (tertiary/aromatic N) is 9. The predicted molar refractivity (Wildman–Crippen MR) is 149 cm³/mol. The summed E-state index contributed by atoms with van der Waals surface area (Å²) >= 11 is 0. The number of imidazole rings is 1. The lowest BCUT2D eigenvalue weighted by Crippen LogP contribution is -2.44. The number of aromatic nitrogens is 5. The molecule has 3 aliphatic rings. The third-order valence-electron chi connectivity index (χ3n) is 7.60. The van der Waals surface area contributed by atoms with E-state index in [0.29, 0.717) is 49.7 Å². The van der Waals surface area contributed by atoms with Crippen molar-refractivity contribution in [2.45, 2.75) is 18.4 Å². The van der Waals surface area contributed by atoms with Crippen molar-refractivity contribution < 1.29 is 18.3 Å². The van der Waals surface area contributed by atoms with E-state index in [2.05, 4.69) is 29.7 Å². The van der Waals surface area contributed by atoms with E-state index < -0.39 is 17.8 Å². The second kappa shape index (κ2) is 11.7. The van der Waals surface area contributed by atoms with Gasteiger partial charge < -0.3 is 25.0 Å². The first kappa shape index (κ1) is 27.6. The number of alkyl halides is 2. The lowest BCUT2D eigenvalue weighted by molar-refractivity contribution is 0.0355. The van der Waals surface area contributed by atoms with Gasteiger partial charge in [0.15, 0.2) is 11.6 Å². The number of rotatable bonds is 8. The van der Waals surface area contributed by atoms with Crippen molar-refractivity contribution in [1.29, 1.82) is 0 Å². The molecule has 1 aromatic carbocycles. The standard InChI is InChI=1S/C27H34F2N10O2/c1-36(8-9-37-10-14-40-15-11-37)21-6-7-27(30,18-31-21)24-33-25(38-12-16-41-17-13-38)35-26(34-24)39-20-5-3-2-4-19(20)32-23(39)22(28)29/h2-6,18,22H,7-17,30H2,1H3. The zero-order valence-electron chi connectivity index (χ0n) is 23.0. The Bertz CT molecular complexity index is 1430. The van der Waals surface area contributed by atoms with Crippen LogP contribution in [0.3, 0.4) is 0 Å². The molecule has 0 amide bonds. The quantitative estimate of drug-likeness (QED) is 0.430. The maximum atomic E-state index is 14.2. The molecule has 2 N–H and O–H groups in total. The molecule has 0 saturated carbocycles. The Morgan fingerprint density at radius 1 is 0.976 bits per heavy atom. The molecule has 2 aromatic heterocycles. The highest BCUT2D eigenvalue weighted by Crippen LogP contribution is 2.30. The minimum absolute atomic E-state index is 0.0381. The number of anilines is 1. The number of nitrogens with two attached hydrogens (primary N) is 1. The Morgan fingerprint density at radius 2 is 1.68 bits per heavy atom. The number of morpholine rings is 2. The maximum absolute atomic E-state index is 14.2. The summed E-state index contributed by atoms with van der Waals surface area (Å²) in [4.78, 5) is 29.3. The number of hydrogen-bond acceptors (Lipinski definition) is 11. The van der Waals surface area contributed by atoms with Crippen LogP contribution in [0.2, 0.25) is 0 Å². The number of benzene rings is 1. The minimum atomic E-state index is -2.84. The van der Waals surface area contributed by atoms with Gasteiger partial charge in [-0.25, -0.2) is 18.8 Å². The number of aliphatic imine (C=N–C) groups is 1. The van der Waals surface area contributed by atoms with Crippen LogP contribution in [0, 0.1) is 0 Å².